The summed E-state index contributed by atoms with van der Waals surface area (Å²) < 4.78 is 11.1. The number of para-hydroxylation sites is 1. The first-order valence-corrected chi connectivity index (χ1v) is 8.32. The summed E-state index contributed by atoms with van der Waals surface area (Å²) in [5.74, 6) is 1.13. The standard InChI is InChI=1S/C19H22N2O4/c1-2-19(13-22,14-7-4-3-5-8-14)21-18(23)20-15-9-6-10-16-17(15)25-12-11-24-16/h3-10,22H,2,11-13H2,1H3,(H2,20,21,23). The zero-order chi connectivity index (χ0) is 17.7. The molecule has 1 unspecified atom stereocenters. The number of carbonyl (C=O) groups is 1. The van der Waals surface area contributed by atoms with Crippen molar-refractivity contribution >= 4 is 11.7 Å². The van der Waals surface area contributed by atoms with E-state index in [4.69, 9.17) is 9.47 Å². The molecule has 25 heavy (non-hydrogen) atoms. The summed E-state index contributed by atoms with van der Waals surface area (Å²) in [6.07, 6.45) is 0.549. The lowest BCUT2D eigenvalue weighted by molar-refractivity contribution is 0.159. The number of urea groups is 1. The molecular formula is C19H22N2O4. The predicted molar refractivity (Wildman–Crippen MR) is 95.1 cm³/mol. The largest absolute Gasteiger partial charge is 0.486 e. The predicted octanol–water partition coefficient (Wildman–Crippen LogP) is 2.88. The summed E-state index contributed by atoms with van der Waals surface area (Å²) in [6, 6.07) is 14.4. The Morgan fingerprint density at radius 2 is 1.88 bits per heavy atom. The number of hydrogen-bond acceptors (Lipinski definition) is 4. The van der Waals surface area contributed by atoms with Crippen molar-refractivity contribution in [1.82, 2.24) is 5.32 Å². The molecule has 0 saturated heterocycles. The number of ether oxygens (including phenoxy) is 2. The highest BCUT2D eigenvalue weighted by Gasteiger charge is 2.31. The second kappa shape index (κ2) is 7.44. The highest BCUT2D eigenvalue weighted by molar-refractivity contribution is 5.92. The molecule has 3 N–H and O–H groups in total. The Hall–Kier alpha value is -2.73. The molecule has 2 aromatic carbocycles. The van der Waals surface area contributed by atoms with Crippen LogP contribution in [0.5, 0.6) is 11.5 Å². The normalized spacial score (nSPS) is 15.1. The molecule has 6 nitrogen and oxygen atoms in total. The summed E-state index contributed by atoms with van der Waals surface area (Å²) in [4.78, 5) is 12.6. The molecule has 0 fully saturated rings. The maximum Gasteiger partial charge on any atom is 0.320 e. The van der Waals surface area contributed by atoms with E-state index in [1.54, 1.807) is 18.2 Å². The number of aliphatic hydroxyl groups excluding tert-OH is 1. The van der Waals surface area contributed by atoms with Gasteiger partial charge in [0.15, 0.2) is 11.5 Å². The van der Waals surface area contributed by atoms with E-state index in [0.29, 0.717) is 36.8 Å². The monoisotopic (exact) mass is 342 g/mol. The van der Waals surface area contributed by atoms with Crippen LogP contribution in [0.4, 0.5) is 10.5 Å². The van der Waals surface area contributed by atoms with E-state index < -0.39 is 11.6 Å². The second-order valence-electron chi connectivity index (χ2n) is 5.87. The van der Waals surface area contributed by atoms with Crippen LogP contribution >= 0.6 is 0 Å². The average molecular weight is 342 g/mol. The maximum absolute atomic E-state index is 12.6. The quantitative estimate of drug-likeness (QED) is 0.781. The van der Waals surface area contributed by atoms with Crippen molar-refractivity contribution < 1.29 is 19.4 Å². The van der Waals surface area contributed by atoms with Gasteiger partial charge in [0.1, 0.15) is 13.2 Å². The Bertz CT molecular complexity index is 729. The van der Waals surface area contributed by atoms with Crippen molar-refractivity contribution in [1.29, 1.82) is 0 Å². The first kappa shape index (κ1) is 17.1. The summed E-state index contributed by atoms with van der Waals surface area (Å²) in [5.41, 5.74) is 0.535. The summed E-state index contributed by atoms with van der Waals surface area (Å²) >= 11 is 0. The molecular weight excluding hydrogens is 320 g/mol. The highest BCUT2D eigenvalue weighted by Crippen LogP contribution is 2.37. The van der Waals surface area contributed by atoms with Crippen LogP contribution in [0, 0.1) is 0 Å². The molecule has 0 aliphatic carbocycles. The fourth-order valence-corrected chi connectivity index (χ4v) is 2.91. The van der Waals surface area contributed by atoms with E-state index in [1.165, 1.54) is 0 Å². The lowest BCUT2D eigenvalue weighted by atomic mass is 9.88. The molecule has 2 amide bonds. The van der Waals surface area contributed by atoms with Crippen LogP contribution in [0.3, 0.4) is 0 Å². The van der Waals surface area contributed by atoms with E-state index >= 15 is 0 Å². The summed E-state index contributed by atoms with van der Waals surface area (Å²) in [7, 11) is 0. The van der Waals surface area contributed by atoms with E-state index in [9.17, 15) is 9.90 Å². The molecule has 0 saturated carbocycles. The second-order valence-corrected chi connectivity index (χ2v) is 5.87. The van der Waals surface area contributed by atoms with E-state index in [2.05, 4.69) is 10.6 Å². The molecule has 1 aliphatic heterocycles. The molecule has 0 spiro atoms. The molecule has 3 rings (SSSR count). The van der Waals surface area contributed by atoms with Gasteiger partial charge in [0.25, 0.3) is 0 Å². The number of rotatable bonds is 5. The molecule has 0 aromatic heterocycles. The van der Waals surface area contributed by atoms with Gasteiger partial charge in [-0.25, -0.2) is 4.79 Å². The SMILES string of the molecule is CCC(CO)(NC(=O)Nc1cccc2c1OCCO2)c1ccccc1. The lowest BCUT2D eigenvalue weighted by Gasteiger charge is -2.32. The van der Waals surface area contributed by atoms with Crippen molar-refractivity contribution in [3.8, 4) is 11.5 Å². The Kier molecular flexibility index (Phi) is 5.09. The number of amides is 2. The van der Waals surface area contributed by atoms with E-state index in [1.807, 2.05) is 37.3 Å². The van der Waals surface area contributed by atoms with Gasteiger partial charge >= 0.3 is 6.03 Å². The molecule has 132 valence electrons. The van der Waals surface area contributed by atoms with Gasteiger partial charge in [0.2, 0.25) is 0 Å². The minimum Gasteiger partial charge on any atom is -0.486 e. The summed E-state index contributed by atoms with van der Waals surface area (Å²) in [6.45, 7) is 2.64. The molecule has 2 aromatic rings. The minimum absolute atomic E-state index is 0.201. The number of benzene rings is 2. The molecule has 6 heteroatoms. The smallest absolute Gasteiger partial charge is 0.320 e. The van der Waals surface area contributed by atoms with Crippen molar-refractivity contribution in [3.05, 3.63) is 54.1 Å². The van der Waals surface area contributed by atoms with Crippen LogP contribution in [-0.4, -0.2) is 31.0 Å². The number of aliphatic hydroxyl groups is 1. The lowest BCUT2D eigenvalue weighted by Crippen LogP contribution is -2.50. The zero-order valence-electron chi connectivity index (χ0n) is 14.1. The van der Waals surface area contributed by atoms with Gasteiger partial charge in [0.05, 0.1) is 17.8 Å². The van der Waals surface area contributed by atoms with Crippen LogP contribution in [-0.2, 0) is 5.54 Å². The van der Waals surface area contributed by atoms with Crippen molar-refractivity contribution in [2.24, 2.45) is 0 Å². The first-order chi connectivity index (χ1) is 12.2. The van der Waals surface area contributed by atoms with Crippen LogP contribution in [0.1, 0.15) is 18.9 Å². The highest BCUT2D eigenvalue weighted by atomic mass is 16.6. The van der Waals surface area contributed by atoms with Gasteiger partial charge in [-0.05, 0) is 24.1 Å². The van der Waals surface area contributed by atoms with Crippen molar-refractivity contribution in [2.45, 2.75) is 18.9 Å². The van der Waals surface area contributed by atoms with Crippen LogP contribution < -0.4 is 20.1 Å². The number of carbonyl (C=O) groups excluding carboxylic acids is 1. The Morgan fingerprint density at radius 3 is 2.60 bits per heavy atom. The van der Waals surface area contributed by atoms with Gasteiger partial charge in [-0.1, -0.05) is 43.3 Å². The van der Waals surface area contributed by atoms with Gasteiger partial charge in [-0.15, -0.1) is 0 Å². The molecule has 0 radical (unpaired) electrons. The molecule has 1 atom stereocenters. The van der Waals surface area contributed by atoms with Gasteiger partial charge in [-0.2, -0.15) is 0 Å². The Labute approximate surface area is 146 Å². The third kappa shape index (κ3) is 3.53. The Morgan fingerprint density at radius 1 is 1.12 bits per heavy atom. The fraction of sp³-hybridized carbons (Fsp3) is 0.316. The number of nitrogens with one attached hydrogen (secondary N) is 2. The van der Waals surface area contributed by atoms with E-state index in [0.717, 1.165) is 5.56 Å². The van der Waals surface area contributed by atoms with Gasteiger partial charge < -0.3 is 25.2 Å². The van der Waals surface area contributed by atoms with Crippen molar-refractivity contribution in [3.63, 3.8) is 0 Å². The van der Waals surface area contributed by atoms with Gasteiger partial charge in [-0.3, -0.25) is 0 Å². The van der Waals surface area contributed by atoms with E-state index in [-0.39, 0.29) is 6.61 Å². The number of anilines is 1. The average Bonchev–Trinajstić information content (AvgIpc) is 2.67. The van der Waals surface area contributed by atoms with Crippen LogP contribution in [0.25, 0.3) is 0 Å². The van der Waals surface area contributed by atoms with Crippen molar-refractivity contribution in [2.75, 3.05) is 25.1 Å². The maximum atomic E-state index is 12.6. The molecule has 1 aliphatic rings. The number of fused-ring (bicyclic) bond motifs is 1. The number of hydrogen-bond donors (Lipinski definition) is 3. The zero-order valence-corrected chi connectivity index (χ0v) is 14.1. The molecule has 1 heterocycles. The Balaban J connectivity index is 1.79. The van der Waals surface area contributed by atoms with Crippen LogP contribution in [0.15, 0.2) is 48.5 Å². The minimum atomic E-state index is -0.850. The fourth-order valence-electron chi connectivity index (χ4n) is 2.91. The third-order valence-electron chi connectivity index (χ3n) is 4.37. The first-order valence-electron chi connectivity index (χ1n) is 8.32. The van der Waals surface area contributed by atoms with Crippen LogP contribution in [0.2, 0.25) is 0 Å². The van der Waals surface area contributed by atoms with Gasteiger partial charge in [0, 0.05) is 0 Å². The molecule has 0 bridgehead atoms. The third-order valence-corrected chi connectivity index (χ3v) is 4.37. The summed E-state index contributed by atoms with van der Waals surface area (Å²) in [5, 5.41) is 15.7. The topological polar surface area (TPSA) is 79.8 Å².